The van der Waals surface area contributed by atoms with Crippen LogP contribution in [0.4, 0.5) is 0 Å². The summed E-state index contributed by atoms with van der Waals surface area (Å²) in [6, 6.07) is 2.84. The summed E-state index contributed by atoms with van der Waals surface area (Å²) in [7, 11) is 0. The summed E-state index contributed by atoms with van der Waals surface area (Å²) in [6.45, 7) is 0. The van der Waals surface area contributed by atoms with E-state index in [1.807, 2.05) is 0 Å². The van der Waals surface area contributed by atoms with Crippen LogP contribution in [0.3, 0.4) is 0 Å². The van der Waals surface area contributed by atoms with Crippen molar-refractivity contribution in [1.29, 1.82) is 0 Å². The van der Waals surface area contributed by atoms with E-state index in [2.05, 4.69) is 9.15 Å². The van der Waals surface area contributed by atoms with Gasteiger partial charge in [0.15, 0.2) is 0 Å². The highest BCUT2D eigenvalue weighted by atomic mass is 17.0. The Morgan fingerprint density at radius 1 is 1.07 bits per heavy atom. The van der Waals surface area contributed by atoms with Crippen molar-refractivity contribution >= 4 is 23.0 Å². The van der Waals surface area contributed by atoms with Crippen LogP contribution in [-0.2, 0) is 0 Å². The van der Waals surface area contributed by atoms with Gasteiger partial charge in [-0.3, -0.25) is 18.7 Å². The Kier molecular flexibility index (Phi) is 1.57. The van der Waals surface area contributed by atoms with Gasteiger partial charge >= 0.3 is 0 Å². The molecule has 1 aromatic heterocycles. The van der Waals surface area contributed by atoms with Crippen LogP contribution in [0.25, 0.3) is 11.2 Å². The number of hydrogen-bond acceptors (Lipinski definition) is 4. The largest absolute Gasteiger partial charge is 0.366 e. The molecule has 2 amide bonds. The minimum absolute atomic E-state index is 0.0274. The van der Waals surface area contributed by atoms with Crippen LogP contribution < -0.4 is 11.5 Å². The Balaban J connectivity index is 2.77. The lowest BCUT2D eigenvalue weighted by atomic mass is 10.1. The molecule has 0 radical (unpaired) electrons. The van der Waals surface area contributed by atoms with Crippen molar-refractivity contribution in [3.63, 3.8) is 0 Å². The van der Waals surface area contributed by atoms with E-state index < -0.39 is 11.8 Å². The molecule has 2 rings (SSSR count). The molecular weight excluding hydrogens is 188 g/mol. The van der Waals surface area contributed by atoms with Crippen molar-refractivity contribution < 1.29 is 18.7 Å². The number of carbonyl (C=O) groups is 2. The maximum absolute atomic E-state index is 11.0. The van der Waals surface area contributed by atoms with Crippen molar-refractivity contribution in [2.24, 2.45) is 11.5 Å². The number of rotatable bonds is 2. The topological polar surface area (TPSA) is 112 Å². The minimum atomic E-state index is -0.779. The summed E-state index contributed by atoms with van der Waals surface area (Å²) >= 11 is 0. The van der Waals surface area contributed by atoms with Gasteiger partial charge in [-0.1, -0.05) is 0 Å². The van der Waals surface area contributed by atoms with Crippen LogP contribution in [-0.4, -0.2) is 11.8 Å². The fourth-order valence-electron chi connectivity index (χ4n) is 1.21. The normalized spacial score (nSPS) is 10.6. The Morgan fingerprint density at radius 2 is 1.79 bits per heavy atom. The number of fused-ring (bicyclic) bond motifs is 1. The lowest BCUT2D eigenvalue weighted by Crippen LogP contribution is -2.21. The molecule has 0 aliphatic rings. The summed E-state index contributed by atoms with van der Waals surface area (Å²) in [6.07, 6.45) is 0. The number of hydrogen-bond donors (Lipinski definition) is 2. The maximum atomic E-state index is 11.0. The Hall–Kier alpha value is -2.24. The molecule has 0 saturated heterocycles. The van der Waals surface area contributed by atoms with E-state index in [1.165, 1.54) is 12.1 Å². The molecule has 4 N–H and O–H groups in total. The second-order valence-corrected chi connectivity index (χ2v) is 2.71. The van der Waals surface area contributed by atoms with Gasteiger partial charge in [0.05, 0.1) is 5.56 Å². The van der Waals surface area contributed by atoms with E-state index in [1.54, 1.807) is 0 Å². The Labute approximate surface area is 77.4 Å². The summed E-state index contributed by atoms with van der Waals surface area (Å²) in [5.41, 5.74) is 10.6. The van der Waals surface area contributed by atoms with E-state index in [4.69, 9.17) is 11.5 Å². The zero-order chi connectivity index (χ0) is 10.3. The standard InChI is InChI=1S/C8H6N2O4/c9-7(11)3-1-2-4-6(14-13-4)5(3)8(10)12/h1-2H,(H2,9,11)(H2,10,12). The highest BCUT2D eigenvalue weighted by Gasteiger charge is 2.22. The highest BCUT2D eigenvalue weighted by Crippen LogP contribution is 2.25. The molecule has 0 spiro atoms. The third kappa shape index (κ3) is 0.972. The van der Waals surface area contributed by atoms with Gasteiger partial charge in [0, 0.05) is 0 Å². The fraction of sp³-hybridized carbons (Fsp3) is 0. The molecule has 6 heteroatoms. The zero-order valence-electron chi connectivity index (χ0n) is 6.94. The molecule has 6 nitrogen and oxygen atoms in total. The SMILES string of the molecule is NC(=O)c1ccc2ooc2c1C(N)=O. The van der Waals surface area contributed by atoms with Crippen molar-refractivity contribution in [3.05, 3.63) is 23.3 Å². The molecule has 72 valence electrons. The van der Waals surface area contributed by atoms with Gasteiger partial charge in [-0.2, -0.15) is 0 Å². The summed E-state index contributed by atoms with van der Waals surface area (Å²) in [4.78, 5) is 21.9. The second kappa shape index (κ2) is 2.63. The van der Waals surface area contributed by atoms with Gasteiger partial charge < -0.3 is 11.5 Å². The van der Waals surface area contributed by atoms with E-state index >= 15 is 0 Å². The Bertz CT molecular complexity index is 522. The average Bonchev–Trinajstić information content (AvgIpc) is 2.05. The van der Waals surface area contributed by atoms with Gasteiger partial charge in [-0.25, -0.2) is 0 Å². The molecule has 0 unspecified atom stereocenters. The van der Waals surface area contributed by atoms with Crippen LogP contribution in [0.15, 0.2) is 21.3 Å². The highest BCUT2D eigenvalue weighted by molar-refractivity contribution is 6.12. The average molecular weight is 194 g/mol. The van der Waals surface area contributed by atoms with Crippen LogP contribution >= 0.6 is 0 Å². The van der Waals surface area contributed by atoms with Crippen LogP contribution in [0.2, 0.25) is 0 Å². The predicted octanol–water partition coefficient (Wildman–Crippen LogP) is 0.224. The van der Waals surface area contributed by atoms with Gasteiger partial charge in [0.1, 0.15) is 5.56 Å². The summed E-state index contributed by atoms with van der Waals surface area (Å²) in [5, 5.41) is 0. The summed E-state index contributed by atoms with van der Waals surface area (Å²) < 4.78 is 9.09. The molecule has 0 aliphatic heterocycles. The van der Waals surface area contributed by atoms with Crippen molar-refractivity contribution in [1.82, 2.24) is 0 Å². The quantitative estimate of drug-likeness (QED) is 0.665. The van der Waals surface area contributed by atoms with E-state index in [-0.39, 0.29) is 16.7 Å². The van der Waals surface area contributed by atoms with E-state index in [0.29, 0.717) is 5.58 Å². The molecule has 1 heterocycles. The molecule has 0 fully saturated rings. The van der Waals surface area contributed by atoms with Crippen molar-refractivity contribution in [2.75, 3.05) is 0 Å². The molecular formula is C8H6N2O4. The third-order valence-corrected chi connectivity index (χ3v) is 1.85. The lowest BCUT2D eigenvalue weighted by molar-refractivity contribution is 0.0573. The monoisotopic (exact) mass is 194 g/mol. The number of amides is 2. The number of primary amides is 2. The molecule has 0 saturated carbocycles. The first-order valence-corrected chi connectivity index (χ1v) is 3.72. The van der Waals surface area contributed by atoms with Gasteiger partial charge in [0.25, 0.3) is 5.91 Å². The van der Waals surface area contributed by atoms with Crippen LogP contribution in [0, 0.1) is 0 Å². The number of nitrogens with two attached hydrogens (primary N) is 2. The molecule has 1 aromatic carbocycles. The first-order valence-electron chi connectivity index (χ1n) is 3.72. The smallest absolute Gasteiger partial charge is 0.253 e. The Morgan fingerprint density at radius 3 is 2.21 bits per heavy atom. The first-order chi connectivity index (χ1) is 6.61. The molecule has 2 aromatic rings. The number of carbonyl (C=O) groups excluding carboxylic acids is 2. The van der Waals surface area contributed by atoms with E-state index in [9.17, 15) is 9.59 Å². The van der Waals surface area contributed by atoms with Gasteiger partial charge in [-0.15, -0.1) is 0 Å². The minimum Gasteiger partial charge on any atom is -0.366 e. The maximum Gasteiger partial charge on any atom is 0.253 e. The second-order valence-electron chi connectivity index (χ2n) is 2.71. The number of benzene rings is 1. The lowest BCUT2D eigenvalue weighted by Gasteiger charge is -2.05. The molecule has 0 aliphatic carbocycles. The summed E-state index contributed by atoms with van der Waals surface area (Å²) in [5.74, 6) is -1.52. The first kappa shape index (κ1) is 8.36. The van der Waals surface area contributed by atoms with Crippen molar-refractivity contribution in [3.8, 4) is 0 Å². The van der Waals surface area contributed by atoms with Gasteiger partial charge in [0.2, 0.25) is 17.1 Å². The van der Waals surface area contributed by atoms with E-state index in [0.717, 1.165) is 0 Å². The molecule has 0 atom stereocenters. The predicted molar refractivity (Wildman–Crippen MR) is 45.5 cm³/mol. The van der Waals surface area contributed by atoms with Crippen LogP contribution in [0.5, 0.6) is 0 Å². The fourth-order valence-corrected chi connectivity index (χ4v) is 1.21. The van der Waals surface area contributed by atoms with Crippen molar-refractivity contribution in [2.45, 2.75) is 0 Å². The molecule has 14 heavy (non-hydrogen) atoms. The zero-order valence-corrected chi connectivity index (χ0v) is 6.94. The molecule has 0 bridgehead atoms. The van der Waals surface area contributed by atoms with Crippen LogP contribution in [0.1, 0.15) is 20.7 Å². The van der Waals surface area contributed by atoms with Gasteiger partial charge in [-0.05, 0) is 12.1 Å². The third-order valence-electron chi connectivity index (χ3n) is 1.85.